The van der Waals surface area contributed by atoms with Crippen molar-refractivity contribution in [3.8, 4) is 0 Å². The van der Waals surface area contributed by atoms with Crippen molar-refractivity contribution in [3.05, 3.63) is 12.7 Å². The number of morpholine rings is 1. The summed E-state index contributed by atoms with van der Waals surface area (Å²) >= 11 is 0. The zero-order valence-electron chi connectivity index (χ0n) is 12.0. The van der Waals surface area contributed by atoms with E-state index >= 15 is 0 Å². The highest BCUT2D eigenvalue weighted by atomic mass is 16.5. The minimum absolute atomic E-state index is 0.0957. The van der Waals surface area contributed by atoms with E-state index < -0.39 is 24.1 Å². The average molecular weight is 299 g/mol. The third kappa shape index (κ3) is 4.75. The number of hydrogen-bond donors (Lipinski definition) is 3. The molecule has 1 saturated heterocycles. The van der Waals surface area contributed by atoms with Crippen molar-refractivity contribution in [2.75, 3.05) is 26.3 Å². The number of nitrogens with one attached hydrogen (secondary N) is 2. The Hall–Kier alpha value is -2.09. The van der Waals surface area contributed by atoms with Crippen molar-refractivity contribution in [2.45, 2.75) is 25.4 Å². The smallest absolute Gasteiger partial charge is 0.326 e. The molecule has 1 aliphatic heterocycles. The van der Waals surface area contributed by atoms with Gasteiger partial charge in [-0.3, -0.25) is 4.79 Å². The van der Waals surface area contributed by atoms with E-state index in [1.807, 2.05) is 0 Å². The van der Waals surface area contributed by atoms with Crippen LogP contribution in [-0.4, -0.2) is 66.3 Å². The second-order valence-electron chi connectivity index (χ2n) is 4.54. The average Bonchev–Trinajstić information content (AvgIpc) is 2.46. The lowest BCUT2D eigenvalue weighted by atomic mass is 10.2. The normalized spacial score (nSPS) is 19.5. The summed E-state index contributed by atoms with van der Waals surface area (Å²) < 4.78 is 5.21. The molecule has 3 N–H and O–H groups in total. The molecule has 1 heterocycles. The van der Waals surface area contributed by atoms with Crippen LogP contribution in [0.1, 0.15) is 13.3 Å². The summed E-state index contributed by atoms with van der Waals surface area (Å²) in [7, 11) is 0. The van der Waals surface area contributed by atoms with Crippen molar-refractivity contribution in [1.82, 2.24) is 15.5 Å². The monoisotopic (exact) mass is 299 g/mol. The van der Waals surface area contributed by atoms with E-state index in [1.165, 1.54) is 11.0 Å². The molecule has 0 saturated carbocycles. The van der Waals surface area contributed by atoms with E-state index in [-0.39, 0.29) is 25.5 Å². The molecule has 2 atom stereocenters. The number of urea groups is 1. The Balaban J connectivity index is 2.74. The molecule has 1 fully saturated rings. The second-order valence-corrected chi connectivity index (χ2v) is 4.54. The number of carbonyl (C=O) groups is 3. The Bertz CT molecular complexity index is 413. The summed E-state index contributed by atoms with van der Waals surface area (Å²) in [6, 6.07) is -2.41. The number of amides is 3. The summed E-state index contributed by atoms with van der Waals surface area (Å²) in [4.78, 5) is 36.4. The molecule has 0 bridgehead atoms. The van der Waals surface area contributed by atoms with Crippen molar-refractivity contribution < 1.29 is 24.2 Å². The second kappa shape index (κ2) is 8.25. The highest BCUT2D eigenvalue weighted by Gasteiger charge is 2.34. The lowest BCUT2D eigenvalue weighted by molar-refractivity contribution is -0.139. The summed E-state index contributed by atoms with van der Waals surface area (Å²) in [5, 5.41) is 14.0. The van der Waals surface area contributed by atoms with Gasteiger partial charge in [0.15, 0.2) is 0 Å². The fourth-order valence-electron chi connectivity index (χ4n) is 1.98. The van der Waals surface area contributed by atoms with Gasteiger partial charge in [-0.15, -0.1) is 6.58 Å². The van der Waals surface area contributed by atoms with Crippen LogP contribution >= 0.6 is 0 Å². The third-order valence-electron chi connectivity index (χ3n) is 3.04. The Labute approximate surface area is 123 Å². The maximum atomic E-state index is 12.2. The van der Waals surface area contributed by atoms with Crippen LogP contribution in [0.5, 0.6) is 0 Å². The van der Waals surface area contributed by atoms with Gasteiger partial charge < -0.3 is 25.4 Å². The molecular weight excluding hydrogens is 278 g/mol. The summed E-state index contributed by atoms with van der Waals surface area (Å²) in [5.41, 5.74) is 0. The van der Waals surface area contributed by atoms with Gasteiger partial charge >= 0.3 is 12.0 Å². The fourth-order valence-corrected chi connectivity index (χ4v) is 1.98. The Morgan fingerprint density at radius 1 is 1.52 bits per heavy atom. The minimum Gasteiger partial charge on any atom is -0.480 e. The molecule has 21 heavy (non-hydrogen) atoms. The molecule has 118 valence electrons. The SMILES string of the molecule is C=CCC(NC(=O)N1CCOCC1C(=O)NCC)C(=O)O. The highest BCUT2D eigenvalue weighted by molar-refractivity contribution is 5.89. The van der Waals surface area contributed by atoms with Gasteiger partial charge in [0, 0.05) is 13.1 Å². The molecule has 0 aromatic rings. The molecule has 0 radical (unpaired) electrons. The van der Waals surface area contributed by atoms with E-state index in [0.29, 0.717) is 13.2 Å². The maximum absolute atomic E-state index is 12.2. The first-order valence-electron chi connectivity index (χ1n) is 6.77. The van der Waals surface area contributed by atoms with E-state index in [9.17, 15) is 14.4 Å². The number of ether oxygens (including phenoxy) is 1. The third-order valence-corrected chi connectivity index (χ3v) is 3.04. The van der Waals surface area contributed by atoms with Crippen molar-refractivity contribution in [2.24, 2.45) is 0 Å². The molecule has 0 aromatic carbocycles. The zero-order valence-corrected chi connectivity index (χ0v) is 12.0. The van der Waals surface area contributed by atoms with Gasteiger partial charge in [-0.1, -0.05) is 6.08 Å². The molecule has 8 heteroatoms. The number of carbonyl (C=O) groups excluding carboxylic acids is 2. The number of likely N-dealkylation sites (N-methyl/N-ethyl adjacent to an activating group) is 1. The molecule has 8 nitrogen and oxygen atoms in total. The zero-order chi connectivity index (χ0) is 15.8. The summed E-state index contributed by atoms with van der Waals surface area (Å²) in [6.45, 7) is 6.31. The molecule has 0 aliphatic carbocycles. The van der Waals surface area contributed by atoms with Crippen LogP contribution in [0, 0.1) is 0 Å². The van der Waals surface area contributed by atoms with Crippen molar-refractivity contribution in [1.29, 1.82) is 0 Å². The van der Waals surface area contributed by atoms with Gasteiger partial charge in [-0.25, -0.2) is 9.59 Å². The molecule has 3 amide bonds. The fraction of sp³-hybridized carbons (Fsp3) is 0.615. The van der Waals surface area contributed by atoms with Gasteiger partial charge in [0.1, 0.15) is 12.1 Å². The van der Waals surface area contributed by atoms with Crippen LogP contribution in [0.2, 0.25) is 0 Å². The molecular formula is C13H21N3O5. The number of nitrogens with zero attached hydrogens (tertiary/aromatic N) is 1. The Morgan fingerprint density at radius 2 is 2.24 bits per heavy atom. The van der Waals surface area contributed by atoms with E-state index in [4.69, 9.17) is 9.84 Å². The molecule has 1 aliphatic rings. The number of carboxylic acids is 1. The molecule has 1 rings (SSSR count). The quantitative estimate of drug-likeness (QED) is 0.576. The summed E-state index contributed by atoms with van der Waals surface area (Å²) in [5.74, 6) is -1.46. The number of carboxylic acid groups (broad SMARTS) is 1. The Kier molecular flexibility index (Phi) is 6.67. The molecule has 2 unspecified atom stereocenters. The maximum Gasteiger partial charge on any atom is 0.326 e. The molecule has 0 aromatic heterocycles. The molecule has 0 spiro atoms. The number of rotatable bonds is 6. The topological polar surface area (TPSA) is 108 Å². The Morgan fingerprint density at radius 3 is 2.81 bits per heavy atom. The van der Waals surface area contributed by atoms with Crippen LogP contribution in [0.4, 0.5) is 4.79 Å². The van der Waals surface area contributed by atoms with E-state index in [2.05, 4.69) is 17.2 Å². The van der Waals surface area contributed by atoms with Gasteiger partial charge in [-0.2, -0.15) is 0 Å². The van der Waals surface area contributed by atoms with Gasteiger partial charge in [-0.05, 0) is 13.3 Å². The first-order valence-corrected chi connectivity index (χ1v) is 6.77. The van der Waals surface area contributed by atoms with Gasteiger partial charge in [0.2, 0.25) is 5.91 Å². The van der Waals surface area contributed by atoms with Crippen molar-refractivity contribution in [3.63, 3.8) is 0 Å². The highest BCUT2D eigenvalue weighted by Crippen LogP contribution is 2.08. The first kappa shape index (κ1) is 17.0. The van der Waals surface area contributed by atoms with Crippen LogP contribution in [0.3, 0.4) is 0 Å². The predicted molar refractivity (Wildman–Crippen MR) is 74.8 cm³/mol. The lowest BCUT2D eigenvalue weighted by Crippen LogP contribution is -2.60. The van der Waals surface area contributed by atoms with Crippen LogP contribution in [0.25, 0.3) is 0 Å². The largest absolute Gasteiger partial charge is 0.480 e. The number of aliphatic carboxylic acids is 1. The lowest BCUT2D eigenvalue weighted by Gasteiger charge is -2.35. The van der Waals surface area contributed by atoms with E-state index in [1.54, 1.807) is 6.92 Å². The van der Waals surface area contributed by atoms with Crippen molar-refractivity contribution >= 4 is 17.9 Å². The summed E-state index contributed by atoms with van der Waals surface area (Å²) in [6.07, 6.45) is 1.52. The van der Waals surface area contributed by atoms with Gasteiger partial charge in [0.05, 0.1) is 13.2 Å². The van der Waals surface area contributed by atoms with E-state index in [0.717, 1.165) is 0 Å². The van der Waals surface area contributed by atoms with Gasteiger partial charge in [0.25, 0.3) is 0 Å². The van der Waals surface area contributed by atoms with Crippen LogP contribution < -0.4 is 10.6 Å². The first-order chi connectivity index (χ1) is 10.0. The predicted octanol–water partition coefficient (Wildman–Crippen LogP) is -0.438. The number of hydrogen-bond acceptors (Lipinski definition) is 4. The standard InChI is InChI=1S/C13H21N3O5/c1-3-5-9(12(18)19)15-13(20)16-6-7-21-8-10(16)11(17)14-4-2/h3,9-10H,1,4-8H2,2H3,(H,14,17)(H,15,20)(H,18,19). The minimum atomic E-state index is -1.15. The van der Waals surface area contributed by atoms with Crippen LogP contribution in [0.15, 0.2) is 12.7 Å². The van der Waals surface area contributed by atoms with Crippen LogP contribution in [-0.2, 0) is 14.3 Å².